The van der Waals surface area contributed by atoms with Crippen molar-refractivity contribution < 1.29 is 19.4 Å². The van der Waals surface area contributed by atoms with E-state index < -0.39 is 17.5 Å². The van der Waals surface area contributed by atoms with Crippen molar-refractivity contribution in [1.82, 2.24) is 4.90 Å². The van der Waals surface area contributed by atoms with Gasteiger partial charge < -0.3 is 14.7 Å². The number of rotatable bonds is 5. The van der Waals surface area contributed by atoms with Gasteiger partial charge in [0.25, 0.3) is 5.91 Å². The number of hydrogen-bond donors (Lipinski definition) is 1. The van der Waals surface area contributed by atoms with Gasteiger partial charge in [0.1, 0.15) is 0 Å². The molecule has 0 aromatic heterocycles. The molecule has 1 atom stereocenters. The average Bonchev–Trinajstić information content (AvgIpc) is 2.70. The molecule has 1 unspecified atom stereocenters. The van der Waals surface area contributed by atoms with Gasteiger partial charge in [0, 0.05) is 20.2 Å². The highest BCUT2D eigenvalue weighted by Crippen LogP contribution is 2.36. The fraction of sp³-hybridized carbons (Fsp3) is 0.333. The second-order valence-corrected chi connectivity index (χ2v) is 6.60. The molecule has 1 fully saturated rings. The zero-order valence-electron chi connectivity index (χ0n) is 14.8. The summed E-state index contributed by atoms with van der Waals surface area (Å²) in [4.78, 5) is 26.7. The van der Waals surface area contributed by atoms with E-state index in [9.17, 15) is 14.7 Å². The average molecular weight is 353 g/mol. The molecule has 1 saturated heterocycles. The number of methoxy groups -OCH3 is 1. The molecule has 2 aromatic rings. The Kier molecular flexibility index (Phi) is 5.38. The van der Waals surface area contributed by atoms with Crippen LogP contribution in [0.3, 0.4) is 0 Å². The lowest BCUT2D eigenvalue weighted by Crippen LogP contribution is -2.50. The highest BCUT2D eigenvalue weighted by atomic mass is 16.5. The highest BCUT2D eigenvalue weighted by Gasteiger charge is 2.44. The molecule has 1 aliphatic rings. The minimum absolute atomic E-state index is 0.120. The van der Waals surface area contributed by atoms with Crippen molar-refractivity contribution in [3.8, 4) is 0 Å². The molecule has 3 rings (SSSR count). The normalized spacial score (nSPS) is 17.5. The standard InChI is InChI=1S/C21H23NO4/c1-26-18(16-8-4-2-5-9-16)19(23)22-14-12-21(13-15-22,20(24)25)17-10-6-3-7-11-17/h2-11,18H,12-15H2,1H3,(H,24,25). The van der Waals surface area contributed by atoms with E-state index in [0.717, 1.165) is 11.1 Å². The van der Waals surface area contributed by atoms with Crippen molar-refractivity contribution in [2.45, 2.75) is 24.4 Å². The minimum Gasteiger partial charge on any atom is -0.481 e. The summed E-state index contributed by atoms with van der Waals surface area (Å²) in [7, 11) is 1.52. The Morgan fingerprint density at radius 2 is 1.54 bits per heavy atom. The van der Waals surface area contributed by atoms with E-state index in [1.54, 1.807) is 4.90 Å². The third-order valence-corrected chi connectivity index (χ3v) is 5.23. The molecule has 0 aliphatic carbocycles. The topological polar surface area (TPSA) is 66.8 Å². The summed E-state index contributed by atoms with van der Waals surface area (Å²) in [6, 6.07) is 18.7. The molecule has 26 heavy (non-hydrogen) atoms. The Bertz CT molecular complexity index is 752. The summed E-state index contributed by atoms with van der Waals surface area (Å²) >= 11 is 0. The fourth-order valence-corrected chi connectivity index (χ4v) is 3.67. The maximum Gasteiger partial charge on any atom is 0.314 e. The number of aliphatic carboxylic acids is 1. The van der Waals surface area contributed by atoms with Crippen molar-refractivity contribution >= 4 is 11.9 Å². The number of piperidine rings is 1. The first-order chi connectivity index (χ1) is 12.6. The maximum atomic E-state index is 12.9. The quantitative estimate of drug-likeness (QED) is 0.897. The van der Waals surface area contributed by atoms with Crippen molar-refractivity contribution in [3.63, 3.8) is 0 Å². The summed E-state index contributed by atoms with van der Waals surface area (Å²) in [6.07, 6.45) is 0.123. The first kappa shape index (κ1) is 18.1. The van der Waals surface area contributed by atoms with Crippen molar-refractivity contribution in [1.29, 1.82) is 0 Å². The van der Waals surface area contributed by atoms with E-state index in [4.69, 9.17) is 4.74 Å². The van der Waals surface area contributed by atoms with E-state index in [-0.39, 0.29) is 5.91 Å². The van der Waals surface area contributed by atoms with E-state index in [1.165, 1.54) is 7.11 Å². The molecule has 1 amide bonds. The summed E-state index contributed by atoms with van der Waals surface area (Å²) in [6.45, 7) is 0.791. The second kappa shape index (κ2) is 7.70. The van der Waals surface area contributed by atoms with Crippen LogP contribution in [0.5, 0.6) is 0 Å². The monoisotopic (exact) mass is 353 g/mol. The van der Waals surface area contributed by atoms with E-state index in [1.807, 2.05) is 60.7 Å². The molecular formula is C21H23NO4. The van der Waals surface area contributed by atoms with Crippen LogP contribution in [0.2, 0.25) is 0 Å². The van der Waals surface area contributed by atoms with Crippen LogP contribution in [0.1, 0.15) is 30.1 Å². The predicted octanol–water partition coefficient (Wildman–Crippen LogP) is 3.02. The molecule has 136 valence electrons. The summed E-state index contributed by atoms with van der Waals surface area (Å²) in [5, 5.41) is 9.87. The van der Waals surface area contributed by atoms with Crippen LogP contribution in [0, 0.1) is 0 Å². The predicted molar refractivity (Wildman–Crippen MR) is 97.8 cm³/mol. The minimum atomic E-state index is -0.937. The van der Waals surface area contributed by atoms with E-state index in [2.05, 4.69) is 0 Å². The summed E-state index contributed by atoms with van der Waals surface area (Å²) < 4.78 is 5.43. The Hall–Kier alpha value is -2.66. The molecule has 0 radical (unpaired) electrons. The molecule has 1 aliphatic heterocycles. The first-order valence-electron chi connectivity index (χ1n) is 8.74. The van der Waals surface area contributed by atoms with Gasteiger partial charge in [0.15, 0.2) is 6.10 Å². The number of nitrogens with zero attached hydrogens (tertiary/aromatic N) is 1. The van der Waals surface area contributed by atoms with Gasteiger partial charge in [-0.25, -0.2) is 0 Å². The number of carboxylic acids is 1. The van der Waals surface area contributed by atoms with Gasteiger partial charge in [-0.1, -0.05) is 60.7 Å². The Morgan fingerprint density at radius 3 is 2.04 bits per heavy atom. The largest absolute Gasteiger partial charge is 0.481 e. The van der Waals surface area contributed by atoms with Crippen LogP contribution in [0.4, 0.5) is 0 Å². The number of benzene rings is 2. The van der Waals surface area contributed by atoms with Gasteiger partial charge in [-0.05, 0) is 24.0 Å². The lowest BCUT2D eigenvalue weighted by molar-refractivity contribution is -0.151. The van der Waals surface area contributed by atoms with E-state index in [0.29, 0.717) is 25.9 Å². The molecule has 0 saturated carbocycles. The number of carboxylic acid groups (broad SMARTS) is 1. The smallest absolute Gasteiger partial charge is 0.314 e. The van der Waals surface area contributed by atoms with Gasteiger partial charge in [-0.3, -0.25) is 9.59 Å². The lowest BCUT2D eigenvalue weighted by atomic mass is 9.72. The molecule has 5 heteroatoms. The Balaban J connectivity index is 1.76. The maximum absolute atomic E-state index is 12.9. The fourth-order valence-electron chi connectivity index (χ4n) is 3.67. The molecule has 5 nitrogen and oxygen atoms in total. The second-order valence-electron chi connectivity index (χ2n) is 6.60. The molecule has 1 heterocycles. The molecule has 0 bridgehead atoms. The van der Waals surface area contributed by atoms with Gasteiger partial charge in [-0.2, -0.15) is 0 Å². The summed E-state index contributed by atoms with van der Waals surface area (Å²) in [5.41, 5.74) is 0.664. The molecular weight excluding hydrogens is 330 g/mol. The van der Waals surface area contributed by atoms with Gasteiger partial charge in [-0.15, -0.1) is 0 Å². The van der Waals surface area contributed by atoms with Gasteiger partial charge in [0.2, 0.25) is 0 Å². The van der Waals surface area contributed by atoms with Gasteiger partial charge >= 0.3 is 5.97 Å². The SMILES string of the molecule is COC(C(=O)N1CCC(C(=O)O)(c2ccccc2)CC1)c1ccccc1. The zero-order valence-corrected chi connectivity index (χ0v) is 14.8. The van der Waals surface area contributed by atoms with Crippen LogP contribution in [-0.4, -0.2) is 42.1 Å². The molecule has 0 spiro atoms. The Labute approximate surface area is 153 Å². The van der Waals surface area contributed by atoms with Crippen LogP contribution >= 0.6 is 0 Å². The third kappa shape index (κ3) is 3.35. The number of carbonyl (C=O) groups excluding carboxylic acids is 1. The number of carbonyl (C=O) groups is 2. The van der Waals surface area contributed by atoms with Crippen molar-refractivity contribution in [2.24, 2.45) is 0 Å². The number of amides is 1. The zero-order chi connectivity index (χ0) is 18.6. The highest BCUT2D eigenvalue weighted by molar-refractivity contribution is 5.84. The van der Waals surface area contributed by atoms with Crippen LogP contribution in [0.15, 0.2) is 60.7 Å². The molecule has 2 aromatic carbocycles. The first-order valence-corrected chi connectivity index (χ1v) is 8.74. The van der Waals surface area contributed by atoms with Crippen molar-refractivity contribution in [3.05, 3.63) is 71.8 Å². The van der Waals surface area contributed by atoms with E-state index >= 15 is 0 Å². The lowest BCUT2D eigenvalue weighted by Gasteiger charge is -2.40. The number of ether oxygens (including phenoxy) is 1. The Morgan fingerprint density at radius 1 is 1.00 bits per heavy atom. The molecule has 1 N–H and O–H groups in total. The van der Waals surface area contributed by atoms with Crippen LogP contribution in [-0.2, 0) is 19.7 Å². The van der Waals surface area contributed by atoms with Crippen LogP contribution < -0.4 is 0 Å². The van der Waals surface area contributed by atoms with Gasteiger partial charge in [0.05, 0.1) is 5.41 Å². The third-order valence-electron chi connectivity index (χ3n) is 5.23. The van der Waals surface area contributed by atoms with Crippen LogP contribution in [0.25, 0.3) is 0 Å². The van der Waals surface area contributed by atoms with Crippen molar-refractivity contribution in [2.75, 3.05) is 20.2 Å². The summed E-state index contributed by atoms with van der Waals surface area (Å²) in [5.74, 6) is -0.951. The number of likely N-dealkylation sites (tertiary alicyclic amines) is 1. The number of hydrogen-bond acceptors (Lipinski definition) is 3.